The van der Waals surface area contributed by atoms with Gasteiger partial charge in [0.05, 0.1) is 6.67 Å². The maximum atomic E-state index is 11.9. The number of hydrogen-bond acceptors (Lipinski definition) is 2. The number of hydrogen-bond donors (Lipinski definition) is 2. The van der Waals surface area contributed by atoms with Crippen molar-refractivity contribution in [2.24, 2.45) is 11.8 Å². The third-order valence-corrected chi connectivity index (χ3v) is 2.48. The summed E-state index contributed by atoms with van der Waals surface area (Å²) in [5.41, 5.74) is 0. The zero-order valence-electron chi connectivity index (χ0n) is 8.02. The molecule has 1 rings (SSSR count). The van der Waals surface area contributed by atoms with Gasteiger partial charge in [0.1, 0.15) is 0 Å². The van der Waals surface area contributed by atoms with Gasteiger partial charge in [0.25, 0.3) is 0 Å². The largest absolute Gasteiger partial charge is 0.400 e. The zero-order valence-corrected chi connectivity index (χ0v) is 8.02. The van der Waals surface area contributed by atoms with E-state index in [4.69, 9.17) is 5.11 Å². The van der Waals surface area contributed by atoms with Gasteiger partial charge < -0.3 is 10.4 Å². The van der Waals surface area contributed by atoms with Crippen LogP contribution < -0.4 is 5.32 Å². The Labute approximate surface area is 74.2 Å². The Morgan fingerprint density at radius 1 is 1.33 bits per heavy atom. The summed E-state index contributed by atoms with van der Waals surface area (Å²) in [5.74, 6) is 1.34. The maximum Gasteiger partial charge on any atom is 0.0897 e. The molecule has 1 aliphatic rings. The number of halogens is 1. The van der Waals surface area contributed by atoms with E-state index < -0.39 is 0 Å². The first-order valence-corrected chi connectivity index (χ1v) is 4.60. The van der Waals surface area contributed by atoms with Crippen LogP contribution in [0.15, 0.2) is 0 Å². The van der Waals surface area contributed by atoms with Gasteiger partial charge in [-0.05, 0) is 31.3 Å². The lowest BCUT2D eigenvalue weighted by Crippen LogP contribution is -2.11. The Kier molecular flexibility index (Phi) is 7.40. The molecule has 2 N–H and O–H groups in total. The van der Waals surface area contributed by atoms with Gasteiger partial charge in [-0.3, -0.25) is 4.39 Å². The van der Waals surface area contributed by atoms with E-state index in [-0.39, 0.29) is 6.67 Å². The standard InChI is InChI=1S/C8H16FN.CH4O/c1-2-7-5-10-6-8(7)3-4-9;1-2/h7-8,10H,2-6H2,1H3;2H,1H3. The van der Waals surface area contributed by atoms with Crippen molar-refractivity contribution in [3.8, 4) is 0 Å². The smallest absolute Gasteiger partial charge is 0.0897 e. The van der Waals surface area contributed by atoms with E-state index in [1.807, 2.05) is 0 Å². The molecule has 0 radical (unpaired) electrons. The molecule has 0 aliphatic carbocycles. The Morgan fingerprint density at radius 2 is 1.92 bits per heavy atom. The van der Waals surface area contributed by atoms with Gasteiger partial charge in [-0.25, -0.2) is 0 Å². The highest BCUT2D eigenvalue weighted by atomic mass is 19.1. The highest BCUT2D eigenvalue weighted by molar-refractivity contribution is 4.79. The van der Waals surface area contributed by atoms with E-state index in [1.165, 1.54) is 6.42 Å². The predicted octanol–water partition coefficient (Wildman–Crippen LogP) is 1.20. The number of nitrogens with one attached hydrogen (secondary N) is 1. The van der Waals surface area contributed by atoms with Gasteiger partial charge in [0.2, 0.25) is 0 Å². The van der Waals surface area contributed by atoms with E-state index in [2.05, 4.69) is 12.2 Å². The first kappa shape index (κ1) is 11.8. The van der Waals surface area contributed by atoms with Crippen LogP contribution in [0.5, 0.6) is 0 Å². The van der Waals surface area contributed by atoms with Crippen LogP contribution in [0, 0.1) is 11.8 Å². The van der Waals surface area contributed by atoms with Crippen molar-refractivity contribution in [1.82, 2.24) is 5.32 Å². The number of rotatable bonds is 3. The molecule has 0 aromatic heterocycles. The van der Waals surface area contributed by atoms with Crippen LogP contribution in [0.2, 0.25) is 0 Å². The summed E-state index contributed by atoms with van der Waals surface area (Å²) in [5, 5.41) is 10.3. The van der Waals surface area contributed by atoms with E-state index in [0.29, 0.717) is 5.92 Å². The normalized spacial score (nSPS) is 28.0. The molecule has 3 heteroatoms. The lowest BCUT2D eigenvalue weighted by molar-refractivity contribution is 0.334. The summed E-state index contributed by atoms with van der Waals surface area (Å²) in [6.07, 6.45) is 1.95. The molecule has 1 heterocycles. The van der Waals surface area contributed by atoms with Gasteiger partial charge in [-0.15, -0.1) is 0 Å². The van der Waals surface area contributed by atoms with E-state index in [1.54, 1.807) is 0 Å². The average Bonchev–Trinajstić information content (AvgIpc) is 2.56. The predicted molar refractivity (Wildman–Crippen MR) is 48.9 cm³/mol. The summed E-state index contributed by atoms with van der Waals surface area (Å²) in [7, 11) is 1.00. The van der Waals surface area contributed by atoms with Gasteiger partial charge >= 0.3 is 0 Å². The highest BCUT2D eigenvalue weighted by Crippen LogP contribution is 2.22. The van der Waals surface area contributed by atoms with Crippen molar-refractivity contribution in [2.75, 3.05) is 26.9 Å². The molecular formula is C9H20FNO. The fourth-order valence-electron chi connectivity index (χ4n) is 1.74. The quantitative estimate of drug-likeness (QED) is 0.679. The topological polar surface area (TPSA) is 32.3 Å². The Hall–Kier alpha value is -0.150. The molecule has 0 spiro atoms. The molecule has 0 saturated carbocycles. The summed E-state index contributed by atoms with van der Waals surface area (Å²) < 4.78 is 11.9. The number of aliphatic hydroxyl groups is 1. The Balaban J connectivity index is 0.000000561. The van der Waals surface area contributed by atoms with Gasteiger partial charge in [-0.1, -0.05) is 13.3 Å². The third kappa shape index (κ3) is 3.50. The summed E-state index contributed by atoms with van der Waals surface area (Å²) >= 11 is 0. The van der Waals surface area contributed by atoms with Crippen LogP contribution in [0.1, 0.15) is 19.8 Å². The van der Waals surface area contributed by atoms with Crippen LogP contribution in [-0.2, 0) is 0 Å². The minimum absolute atomic E-state index is 0.150. The Bertz CT molecular complexity index is 101. The molecule has 2 nitrogen and oxygen atoms in total. The molecule has 0 bridgehead atoms. The molecule has 0 aromatic carbocycles. The van der Waals surface area contributed by atoms with E-state index in [0.717, 1.165) is 32.5 Å². The summed E-state index contributed by atoms with van der Waals surface area (Å²) in [6, 6.07) is 0. The lowest BCUT2D eigenvalue weighted by atomic mass is 9.91. The fourth-order valence-corrected chi connectivity index (χ4v) is 1.74. The van der Waals surface area contributed by atoms with Crippen LogP contribution in [0.25, 0.3) is 0 Å². The molecule has 1 fully saturated rings. The molecule has 0 aromatic rings. The van der Waals surface area contributed by atoms with E-state index >= 15 is 0 Å². The van der Waals surface area contributed by atoms with Crippen LogP contribution in [0.4, 0.5) is 4.39 Å². The minimum atomic E-state index is -0.150. The van der Waals surface area contributed by atoms with Gasteiger partial charge in [0.15, 0.2) is 0 Å². The van der Waals surface area contributed by atoms with Crippen molar-refractivity contribution in [1.29, 1.82) is 0 Å². The molecule has 1 aliphatic heterocycles. The maximum absolute atomic E-state index is 11.9. The zero-order chi connectivity index (χ0) is 9.40. The Morgan fingerprint density at radius 3 is 2.42 bits per heavy atom. The minimum Gasteiger partial charge on any atom is -0.400 e. The molecular weight excluding hydrogens is 157 g/mol. The second-order valence-corrected chi connectivity index (χ2v) is 3.06. The van der Waals surface area contributed by atoms with Crippen molar-refractivity contribution < 1.29 is 9.50 Å². The number of aliphatic hydroxyl groups excluding tert-OH is 1. The second kappa shape index (κ2) is 7.50. The summed E-state index contributed by atoms with van der Waals surface area (Å²) in [6.45, 7) is 4.16. The van der Waals surface area contributed by atoms with E-state index in [9.17, 15) is 4.39 Å². The highest BCUT2D eigenvalue weighted by Gasteiger charge is 2.24. The second-order valence-electron chi connectivity index (χ2n) is 3.06. The molecule has 2 unspecified atom stereocenters. The van der Waals surface area contributed by atoms with Crippen LogP contribution in [-0.4, -0.2) is 32.0 Å². The monoisotopic (exact) mass is 177 g/mol. The van der Waals surface area contributed by atoms with Gasteiger partial charge in [0, 0.05) is 7.11 Å². The SMILES string of the molecule is CCC1CNCC1CCF.CO. The molecule has 2 atom stereocenters. The first-order valence-electron chi connectivity index (χ1n) is 4.60. The average molecular weight is 177 g/mol. The lowest BCUT2D eigenvalue weighted by Gasteiger charge is -2.13. The van der Waals surface area contributed by atoms with Crippen LogP contribution in [0.3, 0.4) is 0 Å². The van der Waals surface area contributed by atoms with Crippen molar-refractivity contribution in [3.63, 3.8) is 0 Å². The molecule has 12 heavy (non-hydrogen) atoms. The molecule has 0 amide bonds. The van der Waals surface area contributed by atoms with Crippen molar-refractivity contribution >= 4 is 0 Å². The molecule has 1 saturated heterocycles. The third-order valence-electron chi connectivity index (χ3n) is 2.48. The molecule has 74 valence electrons. The van der Waals surface area contributed by atoms with Crippen molar-refractivity contribution in [2.45, 2.75) is 19.8 Å². The summed E-state index contributed by atoms with van der Waals surface area (Å²) in [4.78, 5) is 0. The number of alkyl halides is 1. The fraction of sp³-hybridized carbons (Fsp3) is 1.00. The van der Waals surface area contributed by atoms with Crippen LogP contribution >= 0.6 is 0 Å². The van der Waals surface area contributed by atoms with Gasteiger partial charge in [-0.2, -0.15) is 0 Å². The van der Waals surface area contributed by atoms with Crippen molar-refractivity contribution in [3.05, 3.63) is 0 Å². The first-order chi connectivity index (χ1) is 5.88.